The molecule has 0 spiro atoms. The van der Waals surface area contributed by atoms with E-state index in [2.05, 4.69) is 15.0 Å². The zero-order valence-electron chi connectivity index (χ0n) is 12.0. The van der Waals surface area contributed by atoms with Crippen molar-refractivity contribution in [2.75, 3.05) is 12.4 Å². The Hall–Kier alpha value is -1.80. The molecule has 1 aromatic heterocycles. The van der Waals surface area contributed by atoms with Crippen molar-refractivity contribution in [3.05, 3.63) is 40.3 Å². The fourth-order valence-corrected chi connectivity index (χ4v) is 2.52. The molecule has 8 heteroatoms. The van der Waals surface area contributed by atoms with Crippen LogP contribution in [0, 0.1) is 6.92 Å². The highest BCUT2D eigenvalue weighted by Crippen LogP contribution is 2.18. The van der Waals surface area contributed by atoms with Crippen molar-refractivity contribution < 1.29 is 13.5 Å². The quantitative estimate of drug-likeness (QED) is 0.834. The van der Waals surface area contributed by atoms with E-state index in [1.54, 1.807) is 23.5 Å². The van der Waals surface area contributed by atoms with Crippen LogP contribution in [0.5, 0.6) is 5.75 Å². The molecule has 4 nitrogen and oxygen atoms in total. The number of aryl methyl sites for hydroxylation is 1. The molecule has 0 saturated carbocycles. The maximum absolute atomic E-state index is 12.1. The Morgan fingerprint density at radius 3 is 2.64 bits per heavy atom. The van der Waals surface area contributed by atoms with E-state index in [1.807, 2.05) is 24.3 Å². The summed E-state index contributed by atoms with van der Waals surface area (Å²) in [5.41, 5.74) is 1.66. The Bertz CT molecular complexity index is 631. The molecule has 2 aromatic rings. The molecule has 22 heavy (non-hydrogen) atoms. The summed E-state index contributed by atoms with van der Waals surface area (Å²) in [5, 5.41) is 6.56. The molecule has 0 saturated heterocycles. The Kier molecular flexibility index (Phi) is 5.62. The number of nitrogens with one attached hydrogen (secondary N) is 1. The molecule has 0 radical (unpaired) electrons. The summed E-state index contributed by atoms with van der Waals surface area (Å²) < 4.78 is 28.4. The van der Waals surface area contributed by atoms with Crippen molar-refractivity contribution >= 4 is 34.4 Å². The third-order valence-corrected chi connectivity index (χ3v) is 3.98. The van der Waals surface area contributed by atoms with Crippen LogP contribution in [0.4, 0.5) is 14.5 Å². The molecule has 1 heterocycles. The van der Waals surface area contributed by atoms with Gasteiger partial charge in [-0.2, -0.15) is 8.78 Å². The smallest absolute Gasteiger partial charge is 0.387 e. The second-order valence-electron chi connectivity index (χ2n) is 4.55. The lowest BCUT2D eigenvalue weighted by molar-refractivity contribution is -0.0498. The van der Waals surface area contributed by atoms with Gasteiger partial charge in [0.25, 0.3) is 0 Å². The zero-order chi connectivity index (χ0) is 16.1. The van der Waals surface area contributed by atoms with Crippen LogP contribution in [-0.2, 0) is 6.54 Å². The van der Waals surface area contributed by atoms with Gasteiger partial charge in [-0.3, -0.25) is 0 Å². The number of hydrogen-bond donors (Lipinski definition) is 1. The van der Waals surface area contributed by atoms with Crippen LogP contribution in [0.25, 0.3) is 0 Å². The van der Waals surface area contributed by atoms with Gasteiger partial charge in [-0.15, -0.1) is 11.3 Å². The van der Waals surface area contributed by atoms with E-state index < -0.39 is 6.61 Å². The van der Waals surface area contributed by atoms with Crippen molar-refractivity contribution in [2.24, 2.45) is 0 Å². The maximum atomic E-state index is 12.1. The number of alkyl halides is 2. The summed E-state index contributed by atoms with van der Waals surface area (Å²) in [5.74, 6) is 0.109. The van der Waals surface area contributed by atoms with Crippen LogP contribution in [-0.4, -0.2) is 28.7 Å². The highest BCUT2D eigenvalue weighted by molar-refractivity contribution is 7.80. The first kappa shape index (κ1) is 16.6. The van der Waals surface area contributed by atoms with E-state index in [0.717, 1.165) is 10.7 Å². The van der Waals surface area contributed by atoms with Crippen molar-refractivity contribution in [1.29, 1.82) is 0 Å². The first-order chi connectivity index (χ1) is 10.4. The molecule has 0 atom stereocenters. The SMILES string of the molecule is Cc1nc(CN(C)C(=S)Nc2ccc(OC(F)F)cc2)cs1. The number of anilines is 1. The van der Waals surface area contributed by atoms with Crippen LogP contribution in [0.15, 0.2) is 29.6 Å². The van der Waals surface area contributed by atoms with Crippen LogP contribution in [0.2, 0.25) is 0 Å². The van der Waals surface area contributed by atoms with E-state index >= 15 is 0 Å². The number of halogens is 2. The highest BCUT2D eigenvalue weighted by Gasteiger charge is 2.08. The number of rotatable bonds is 5. The first-order valence-electron chi connectivity index (χ1n) is 6.42. The van der Waals surface area contributed by atoms with Crippen LogP contribution >= 0.6 is 23.6 Å². The van der Waals surface area contributed by atoms with E-state index in [9.17, 15) is 8.78 Å². The summed E-state index contributed by atoms with van der Waals surface area (Å²) in [6.45, 7) is -0.274. The number of thiocarbonyl (C=S) groups is 1. The molecule has 0 fully saturated rings. The lowest BCUT2D eigenvalue weighted by Crippen LogP contribution is -2.30. The topological polar surface area (TPSA) is 37.4 Å². The minimum atomic E-state index is -2.83. The van der Waals surface area contributed by atoms with Gasteiger partial charge >= 0.3 is 6.61 Å². The molecule has 0 unspecified atom stereocenters. The monoisotopic (exact) mass is 343 g/mol. The molecule has 0 aliphatic heterocycles. The number of benzene rings is 1. The first-order valence-corrected chi connectivity index (χ1v) is 7.71. The number of aromatic nitrogens is 1. The van der Waals surface area contributed by atoms with Gasteiger partial charge in [-0.25, -0.2) is 4.98 Å². The maximum Gasteiger partial charge on any atom is 0.387 e. The predicted octanol–water partition coefficient (Wildman–Crippen LogP) is 3.88. The minimum absolute atomic E-state index is 0.109. The van der Waals surface area contributed by atoms with Gasteiger partial charge in [0.1, 0.15) is 5.75 Å². The van der Waals surface area contributed by atoms with E-state index in [0.29, 0.717) is 17.3 Å². The van der Waals surface area contributed by atoms with Crippen LogP contribution in [0.3, 0.4) is 0 Å². The second kappa shape index (κ2) is 7.46. The van der Waals surface area contributed by atoms with Crippen molar-refractivity contribution in [2.45, 2.75) is 20.1 Å². The molecular formula is C14H15F2N3OS2. The average molecular weight is 343 g/mol. The lowest BCUT2D eigenvalue weighted by atomic mass is 10.3. The molecule has 1 N–H and O–H groups in total. The Labute approximate surface area is 136 Å². The Balaban J connectivity index is 1.90. The Morgan fingerprint density at radius 2 is 2.09 bits per heavy atom. The van der Waals surface area contributed by atoms with Gasteiger partial charge in [0.05, 0.1) is 17.2 Å². The zero-order valence-corrected chi connectivity index (χ0v) is 13.7. The van der Waals surface area contributed by atoms with E-state index in [1.165, 1.54) is 12.1 Å². The van der Waals surface area contributed by atoms with Crippen molar-refractivity contribution in [3.63, 3.8) is 0 Å². The minimum Gasteiger partial charge on any atom is -0.435 e. The average Bonchev–Trinajstić information content (AvgIpc) is 2.85. The summed E-state index contributed by atoms with van der Waals surface area (Å²) in [6, 6.07) is 6.18. The summed E-state index contributed by atoms with van der Waals surface area (Å²) >= 11 is 6.90. The number of nitrogens with zero attached hydrogens (tertiary/aromatic N) is 2. The van der Waals surface area contributed by atoms with Gasteiger partial charge in [0.15, 0.2) is 5.11 Å². The lowest BCUT2D eigenvalue weighted by Gasteiger charge is -2.20. The molecule has 118 valence electrons. The van der Waals surface area contributed by atoms with E-state index in [4.69, 9.17) is 12.2 Å². The van der Waals surface area contributed by atoms with Crippen molar-refractivity contribution in [3.8, 4) is 5.75 Å². The van der Waals surface area contributed by atoms with Crippen LogP contribution in [0.1, 0.15) is 10.7 Å². The normalized spacial score (nSPS) is 10.6. The van der Waals surface area contributed by atoms with Crippen molar-refractivity contribution in [1.82, 2.24) is 9.88 Å². The predicted molar refractivity (Wildman–Crippen MR) is 87.6 cm³/mol. The fraction of sp³-hybridized carbons (Fsp3) is 0.286. The number of thiazole rings is 1. The van der Waals surface area contributed by atoms with Gasteiger partial charge in [-0.05, 0) is 43.4 Å². The summed E-state index contributed by atoms with van der Waals surface area (Å²) in [7, 11) is 1.86. The summed E-state index contributed by atoms with van der Waals surface area (Å²) in [6.07, 6.45) is 0. The molecule has 2 rings (SSSR count). The fourth-order valence-electron chi connectivity index (χ4n) is 1.73. The third kappa shape index (κ3) is 4.88. The summed E-state index contributed by atoms with van der Waals surface area (Å²) in [4.78, 5) is 6.24. The van der Waals surface area contributed by atoms with Gasteiger partial charge in [0, 0.05) is 18.1 Å². The molecule has 1 aromatic carbocycles. The standard InChI is InChI=1S/C14H15F2N3OS2/c1-9-17-11(8-22-9)7-19(2)14(21)18-10-3-5-12(6-4-10)20-13(15)16/h3-6,8,13H,7H2,1-2H3,(H,18,21). The molecule has 0 aliphatic rings. The highest BCUT2D eigenvalue weighted by atomic mass is 32.1. The number of hydrogen-bond acceptors (Lipinski definition) is 4. The van der Waals surface area contributed by atoms with Crippen LogP contribution < -0.4 is 10.1 Å². The van der Waals surface area contributed by atoms with Gasteiger partial charge in [-0.1, -0.05) is 0 Å². The molecular weight excluding hydrogens is 328 g/mol. The largest absolute Gasteiger partial charge is 0.435 e. The molecule has 0 aliphatic carbocycles. The van der Waals surface area contributed by atoms with Gasteiger partial charge in [0.2, 0.25) is 0 Å². The number of ether oxygens (including phenoxy) is 1. The van der Waals surface area contributed by atoms with E-state index in [-0.39, 0.29) is 5.75 Å². The van der Waals surface area contributed by atoms with Gasteiger partial charge < -0.3 is 15.0 Å². The molecule has 0 bridgehead atoms. The molecule has 0 amide bonds. The second-order valence-corrected chi connectivity index (χ2v) is 6.00. The third-order valence-electron chi connectivity index (χ3n) is 2.74. The Morgan fingerprint density at radius 1 is 1.41 bits per heavy atom.